The van der Waals surface area contributed by atoms with Gasteiger partial charge in [-0.2, -0.15) is 0 Å². The molecule has 0 fully saturated rings. The number of nitrogens with zero attached hydrogens (tertiary/aromatic N) is 5. The third-order valence-electron chi connectivity index (χ3n) is 11.2. The topological polar surface area (TPSA) is 56.5 Å². The van der Waals surface area contributed by atoms with Crippen molar-refractivity contribution in [1.82, 2.24) is 24.5 Å². The first kappa shape index (κ1) is 35.8. The molecular weight excluding hydrogens is 743 g/mol. The minimum Gasteiger partial charge on any atom is -0.309 e. The SMILES string of the molecule is c1ccc(-c2cc(-c3cccc(-c4cccc(-c5cc(-c6cccc(-n7c8ccccc8c8ccccc87)c6)nc(-c6ccccc6)n5)c4)c3)nc(-c3ccccc3)n2)cc1. The highest BCUT2D eigenvalue weighted by molar-refractivity contribution is 6.09. The molecule has 11 aromatic rings. The predicted octanol–water partition coefficient (Wildman–Crippen LogP) is 14.0. The molecule has 0 aliphatic carbocycles. The van der Waals surface area contributed by atoms with Gasteiger partial charge in [0.15, 0.2) is 11.6 Å². The molecule has 0 N–H and O–H groups in total. The summed E-state index contributed by atoms with van der Waals surface area (Å²) >= 11 is 0. The Morgan fingerprint density at radius 1 is 0.246 bits per heavy atom. The second-order valence-corrected chi connectivity index (χ2v) is 15.1. The standard InChI is InChI=1S/C56H37N5/c1-4-17-38(18-5-1)49-36-50(58-55(57-49)39-19-6-2-7-20-39)43-25-14-23-41(33-43)42-24-15-26-44(34-42)51-37-52(60-56(59-51)40-21-8-3-9-22-40)45-27-16-28-46(35-45)61-53-31-12-10-29-47(53)48-30-11-13-32-54(48)61/h1-37H. The van der Waals surface area contributed by atoms with Gasteiger partial charge >= 0.3 is 0 Å². The molecule has 286 valence electrons. The number of hydrogen-bond donors (Lipinski definition) is 0. The molecule has 0 bridgehead atoms. The Morgan fingerprint density at radius 2 is 0.590 bits per heavy atom. The van der Waals surface area contributed by atoms with E-state index in [-0.39, 0.29) is 0 Å². The van der Waals surface area contributed by atoms with Crippen molar-refractivity contribution in [2.45, 2.75) is 0 Å². The number of para-hydroxylation sites is 2. The number of fused-ring (bicyclic) bond motifs is 3. The predicted molar refractivity (Wildman–Crippen MR) is 250 cm³/mol. The van der Waals surface area contributed by atoms with E-state index in [1.165, 1.54) is 21.8 Å². The van der Waals surface area contributed by atoms with Gasteiger partial charge in [-0.05, 0) is 59.7 Å². The van der Waals surface area contributed by atoms with Crippen LogP contribution in [0.5, 0.6) is 0 Å². The van der Waals surface area contributed by atoms with Gasteiger partial charge in [0.1, 0.15) is 0 Å². The molecular formula is C56H37N5. The summed E-state index contributed by atoms with van der Waals surface area (Å²) in [6.07, 6.45) is 0. The molecule has 0 saturated carbocycles. The normalized spacial score (nSPS) is 11.3. The van der Waals surface area contributed by atoms with Crippen molar-refractivity contribution in [2.75, 3.05) is 0 Å². The second-order valence-electron chi connectivity index (χ2n) is 15.1. The van der Waals surface area contributed by atoms with Crippen LogP contribution in [0.4, 0.5) is 0 Å². The number of hydrogen-bond acceptors (Lipinski definition) is 4. The van der Waals surface area contributed by atoms with Gasteiger partial charge in [0.05, 0.1) is 33.8 Å². The van der Waals surface area contributed by atoms with Crippen LogP contribution < -0.4 is 0 Å². The number of aromatic nitrogens is 5. The maximum absolute atomic E-state index is 5.20. The van der Waals surface area contributed by atoms with Crippen LogP contribution >= 0.6 is 0 Å². The van der Waals surface area contributed by atoms with Crippen LogP contribution in [-0.4, -0.2) is 24.5 Å². The molecule has 11 rings (SSSR count). The number of rotatable bonds is 8. The Balaban J connectivity index is 1.00. The van der Waals surface area contributed by atoms with Crippen molar-refractivity contribution in [2.24, 2.45) is 0 Å². The van der Waals surface area contributed by atoms with E-state index in [4.69, 9.17) is 19.9 Å². The summed E-state index contributed by atoms with van der Waals surface area (Å²) in [6.45, 7) is 0. The summed E-state index contributed by atoms with van der Waals surface area (Å²) in [4.78, 5) is 20.5. The summed E-state index contributed by atoms with van der Waals surface area (Å²) in [7, 11) is 0. The highest BCUT2D eigenvalue weighted by Gasteiger charge is 2.16. The summed E-state index contributed by atoms with van der Waals surface area (Å²) in [5.74, 6) is 1.37. The molecule has 3 aromatic heterocycles. The quantitative estimate of drug-likeness (QED) is 0.154. The Kier molecular flexibility index (Phi) is 9.10. The molecule has 0 unspecified atom stereocenters. The van der Waals surface area contributed by atoms with Crippen molar-refractivity contribution in [1.29, 1.82) is 0 Å². The van der Waals surface area contributed by atoms with Crippen LogP contribution in [-0.2, 0) is 0 Å². The van der Waals surface area contributed by atoms with E-state index in [2.05, 4.69) is 174 Å². The first-order valence-corrected chi connectivity index (χ1v) is 20.5. The van der Waals surface area contributed by atoms with Gasteiger partial charge < -0.3 is 4.57 Å². The van der Waals surface area contributed by atoms with E-state index in [9.17, 15) is 0 Å². The van der Waals surface area contributed by atoms with E-state index in [0.29, 0.717) is 11.6 Å². The second kappa shape index (κ2) is 15.5. The molecule has 0 aliphatic rings. The zero-order valence-corrected chi connectivity index (χ0v) is 33.1. The van der Waals surface area contributed by atoms with Gasteiger partial charge in [0.25, 0.3) is 0 Å². The average molecular weight is 780 g/mol. The van der Waals surface area contributed by atoms with Crippen molar-refractivity contribution < 1.29 is 0 Å². The lowest BCUT2D eigenvalue weighted by Crippen LogP contribution is -1.98. The smallest absolute Gasteiger partial charge is 0.160 e. The van der Waals surface area contributed by atoms with Crippen LogP contribution in [0.25, 0.3) is 106 Å². The molecule has 61 heavy (non-hydrogen) atoms. The maximum Gasteiger partial charge on any atom is 0.160 e. The van der Waals surface area contributed by atoms with Crippen molar-refractivity contribution in [3.63, 3.8) is 0 Å². The van der Waals surface area contributed by atoms with E-state index in [0.717, 1.165) is 73.0 Å². The lowest BCUT2D eigenvalue weighted by molar-refractivity contribution is 1.16. The van der Waals surface area contributed by atoms with Gasteiger partial charge in [-0.25, -0.2) is 19.9 Å². The lowest BCUT2D eigenvalue weighted by atomic mass is 9.98. The molecule has 0 saturated heterocycles. The summed E-state index contributed by atoms with van der Waals surface area (Å²) < 4.78 is 2.35. The van der Waals surface area contributed by atoms with Gasteiger partial charge in [0.2, 0.25) is 0 Å². The Bertz CT molecular complexity index is 3250. The van der Waals surface area contributed by atoms with Crippen LogP contribution in [0.3, 0.4) is 0 Å². The van der Waals surface area contributed by atoms with Gasteiger partial charge in [0, 0.05) is 49.8 Å². The van der Waals surface area contributed by atoms with Crippen LogP contribution in [0.2, 0.25) is 0 Å². The van der Waals surface area contributed by atoms with E-state index in [1.807, 2.05) is 54.6 Å². The third kappa shape index (κ3) is 6.94. The molecule has 0 radical (unpaired) electrons. The highest BCUT2D eigenvalue weighted by atomic mass is 15.0. The van der Waals surface area contributed by atoms with Gasteiger partial charge in [-0.1, -0.05) is 176 Å². The molecule has 5 heteroatoms. The molecule has 0 aliphatic heterocycles. The van der Waals surface area contributed by atoms with E-state index >= 15 is 0 Å². The van der Waals surface area contributed by atoms with Crippen LogP contribution in [0.15, 0.2) is 224 Å². The fourth-order valence-electron chi connectivity index (χ4n) is 8.25. The third-order valence-corrected chi connectivity index (χ3v) is 11.2. The van der Waals surface area contributed by atoms with E-state index in [1.54, 1.807) is 0 Å². The Labute approximate surface area is 354 Å². The minimum absolute atomic E-state index is 0.676. The lowest BCUT2D eigenvalue weighted by Gasteiger charge is -2.13. The summed E-state index contributed by atoms with van der Waals surface area (Å²) in [6, 6.07) is 78.0. The monoisotopic (exact) mass is 779 g/mol. The first-order valence-electron chi connectivity index (χ1n) is 20.5. The van der Waals surface area contributed by atoms with Crippen molar-refractivity contribution >= 4 is 21.8 Å². The largest absolute Gasteiger partial charge is 0.309 e. The van der Waals surface area contributed by atoms with Crippen LogP contribution in [0, 0.1) is 0 Å². The van der Waals surface area contributed by atoms with Gasteiger partial charge in [-0.3, -0.25) is 0 Å². The zero-order chi connectivity index (χ0) is 40.5. The Morgan fingerprint density at radius 3 is 1.07 bits per heavy atom. The van der Waals surface area contributed by atoms with E-state index < -0.39 is 0 Å². The summed E-state index contributed by atoms with van der Waals surface area (Å²) in [5.41, 5.74) is 15.0. The van der Waals surface area contributed by atoms with Crippen molar-refractivity contribution in [3.05, 3.63) is 224 Å². The maximum atomic E-state index is 5.20. The Hall–Kier alpha value is -8.28. The molecule has 0 spiro atoms. The molecule has 5 nitrogen and oxygen atoms in total. The molecule has 0 amide bonds. The van der Waals surface area contributed by atoms with Gasteiger partial charge in [-0.15, -0.1) is 0 Å². The fourth-order valence-corrected chi connectivity index (χ4v) is 8.25. The number of benzene rings is 8. The molecule has 8 aromatic carbocycles. The highest BCUT2D eigenvalue weighted by Crippen LogP contribution is 2.36. The first-order chi connectivity index (χ1) is 30.2. The molecule has 0 atom stereocenters. The fraction of sp³-hybridized carbons (Fsp3) is 0. The minimum atomic E-state index is 0.676. The van der Waals surface area contributed by atoms with Crippen molar-refractivity contribution in [3.8, 4) is 84.6 Å². The zero-order valence-electron chi connectivity index (χ0n) is 33.1. The van der Waals surface area contributed by atoms with Crippen LogP contribution in [0.1, 0.15) is 0 Å². The average Bonchev–Trinajstić information content (AvgIpc) is 3.69. The molecule has 3 heterocycles. The summed E-state index contributed by atoms with van der Waals surface area (Å²) in [5, 5.41) is 2.46.